The van der Waals surface area contributed by atoms with Gasteiger partial charge in [-0.1, -0.05) is 11.8 Å². The van der Waals surface area contributed by atoms with Gasteiger partial charge in [0.15, 0.2) is 5.16 Å². The number of aromatic nitrogens is 2. The Balaban J connectivity index is 2.12. The monoisotopic (exact) mass is 358 g/mol. The van der Waals surface area contributed by atoms with Crippen LogP contribution in [0.25, 0.3) is 0 Å². The Hall–Kier alpha value is -1.48. The van der Waals surface area contributed by atoms with Crippen LogP contribution in [-0.2, 0) is 9.59 Å². The van der Waals surface area contributed by atoms with E-state index in [1.54, 1.807) is 6.26 Å². The number of piperidine rings is 1. The van der Waals surface area contributed by atoms with Gasteiger partial charge < -0.3 is 5.32 Å². The molecule has 1 unspecified atom stereocenters. The van der Waals surface area contributed by atoms with E-state index in [1.165, 1.54) is 18.0 Å². The first kappa shape index (κ1) is 14.9. The number of rotatable bonds is 3. The van der Waals surface area contributed by atoms with Crippen molar-refractivity contribution in [1.82, 2.24) is 20.6 Å². The average Bonchev–Trinajstić information content (AvgIpc) is 2.42. The van der Waals surface area contributed by atoms with Crippen molar-refractivity contribution in [2.75, 3.05) is 6.26 Å². The Kier molecular flexibility index (Phi) is 4.71. The molecule has 1 aromatic rings. The van der Waals surface area contributed by atoms with E-state index in [-0.39, 0.29) is 24.4 Å². The Morgan fingerprint density at radius 3 is 2.95 bits per heavy atom. The lowest BCUT2D eigenvalue weighted by atomic mass is 10.1. The summed E-state index contributed by atoms with van der Waals surface area (Å²) in [6.07, 6.45) is 3.77. The van der Waals surface area contributed by atoms with Gasteiger partial charge in [0.2, 0.25) is 11.8 Å². The summed E-state index contributed by atoms with van der Waals surface area (Å²) in [4.78, 5) is 42.8. The maximum atomic E-state index is 12.1. The summed E-state index contributed by atoms with van der Waals surface area (Å²) in [7, 11) is 0. The SMILES string of the molecule is CSc1ncc(Br)c(C(=O)NC2CCC(=O)NC2=O)n1. The highest BCUT2D eigenvalue weighted by Gasteiger charge is 2.29. The van der Waals surface area contributed by atoms with E-state index in [1.807, 2.05) is 0 Å². The minimum absolute atomic E-state index is 0.161. The fourth-order valence-corrected chi connectivity index (χ4v) is 2.38. The van der Waals surface area contributed by atoms with Crippen molar-refractivity contribution in [3.8, 4) is 0 Å². The van der Waals surface area contributed by atoms with Crippen LogP contribution >= 0.6 is 27.7 Å². The molecule has 1 aliphatic heterocycles. The van der Waals surface area contributed by atoms with E-state index in [0.717, 1.165) is 0 Å². The largest absolute Gasteiger partial charge is 0.339 e. The number of nitrogens with zero attached hydrogens (tertiary/aromatic N) is 2. The molecule has 1 saturated heterocycles. The third-order valence-electron chi connectivity index (χ3n) is 2.66. The highest BCUT2D eigenvalue weighted by Crippen LogP contribution is 2.17. The van der Waals surface area contributed by atoms with Gasteiger partial charge in [-0.05, 0) is 28.6 Å². The topological polar surface area (TPSA) is 101 Å². The molecule has 106 valence electrons. The summed E-state index contributed by atoms with van der Waals surface area (Å²) < 4.78 is 0.445. The van der Waals surface area contributed by atoms with Gasteiger partial charge >= 0.3 is 0 Å². The minimum Gasteiger partial charge on any atom is -0.339 e. The lowest BCUT2D eigenvalue weighted by molar-refractivity contribution is -0.134. The van der Waals surface area contributed by atoms with Gasteiger partial charge in [-0.15, -0.1) is 0 Å². The zero-order valence-electron chi connectivity index (χ0n) is 10.5. The summed E-state index contributed by atoms with van der Waals surface area (Å²) in [5.41, 5.74) is 0.161. The third kappa shape index (κ3) is 3.34. The molecule has 0 aliphatic carbocycles. The third-order valence-corrected chi connectivity index (χ3v) is 3.81. The van der Waals surface area contributed by atoms with Crippen LogP contribution < -0.4 is 10.6 Å². The van der Waals surface area contributed by atoms with Gasteiger partial charge in [-0.2, -0.15) is 0 Å². The minimum atomic E-state index is -0.722. The molecule has 7 nitrogen and oxygen atoms in total. The van der Waals surface area contributed by atoms with Crippen LogP contribution in [0.2, 0.25) is 0 Å². The lowest BCUT2D eigenvalue weighted by Crippen LogP contribution is -2.52. The van der Waals surface area contributed by atoms with E-state index >= 15 is 0 Å². The molecule has 0 spiro atoms. The maximum Gasteiger partial charge on any atom is 0.271 e. The fraction of sp³-hybridized carbons (Fsp3) is 0.364. The van der Waals surface area contributed by atoms with Crippen molar-refractivity contribution in [2.24, 2.45) is 0 Å². The van der Waals surface area contributed by atoms with Crippen molar-refractivity contribution >= 4 is 45.4 Å². The first-order valence-corrected chi connectivity index (χ1v) is 7.74. The van der Waals surface area contributed by atoms with Crippen molar-refractivity contribution in [3.63, 3.8) is 0 Å². The molecule has 1 atom stereocenters. The smallest absolute Gasteiger partial charge is 0.271 e. The molecule has 20 heavy (non-hydrogen) atoms. The van der Waals surface area contributed by atoms with Crippen molar-refractivity contribution < 1.29 is 14.4 Å². The molecule has 1 aliphatic rings. The summed E-state index contributed by atoms with van der Waals surface area (Å²) in [6, 6.07) is -0.722. The highest BCUT2D eigenvalue weighted by atomic mass is 79.9. The second-order valence-corrected chi connectivity index (χ2v) is 5.66. The number of halogens is 1. The average molecular weight is 359 g/mol. The summed E-state index contributed by atoms with van der Waals surface area (Å²) in [6.45, 7) is 0. The number of nitrogens with one attached hydrogen (secondary N) is 2. The molecule has 0 radical (unpaired) electrons. The van der Waals surface area contributed by atoms with Gasteiger partial charge in [0, 0.05) is 12.6 Å². The van der Waals surface area contributed by atoms with Crippen LogP contribution in [0.15, 0.2) is 15.8 Å². The molecule has 1 aromatic heterocycles. The Bertz CT molecular complexity index is 581. The van der Waals surface area contributed by atoms with E-state index in [0.29, 0.717) is 9.63 Å². The number of hydrogen-bond donors (Lipinski definition) is 2. The zero-order chi connectivity index (χ0) is 14.7. The van der Waals surface area contributed by atoms with Crippen LogP contribution in [0, 0.1) is 0 Å². The van der Waals surface area contributed by atoms with Crippen LogP contribution in [-0.4, -0.2) is 40.0 Å². The molecule has 0 bridgehead atoms. The summed E-state index contributed by atoms with van der Waals surface area (Å²) >= 11 is 4.51. The van der Waals surface area contributed by atoms with Gasteiger partial charge in [-0.3, -0.25) is 19.7 Å². The molecular weight excluding hydrogens is 348 g/mol. The predicted molar refractivity (Wildman–Crippen MR) is 75.2 cm³/mol. The number of imide groups is 1. The van der Waals surface area contributed by atoms with Gasteiger partial charge in [0.25, 0.3) is 5.91 Å². The number of carbonyl (C=O) groups excluding carboxylic acids is 3. The molecule has 0 saturated carbocycles. The van der Waals surface area contributed by atoms with E-state index in [9.17, 15) is 14.4 Å². The number of amides is 3. The van der Waals surface area contributed by atoms with E-state index in [2.05, 4.69) is 36.5 Å². The molecular formula is C11H11BrN4O3S. The van der Waals surface area contributed by atoms with Crippen molar-refractivity contribution in [2.45, 2.75) is 24.0 Å². The fourth-order valence-electron chi connectivity index (χ4n) is 1.67. The first-order chi connectivity index (χ1) is 9.51. The molecule has 3 amide bonds. The first-order valence-electron chi connectivity index (χ1n) is 5.72. The Morgan fingerprint density at radius 1 is 1.55 bits per heavy atom. The van der Waals surface area contributed by atoms with Gasteiger partial charge in [0.05, 0.1) is 4.47 Å². The Morgan fingerprint density at radius 2 is 2.30 bits per heavy atom. The highest BCUT2D eigenvalue weighted by molar-refractivity contribution is 9.10. The van der Waals surface area contributed by atoms with E-state index < -0.39 is 17.9 Å². The summed E-state index contributed by atoms with van der Waals surface area (Å²) in [5.74, 6) is -1.30. The summed E-state index contributed by atoms with van der Waals surface area (Å²) in [5, 5.41) is 5.21. The Labute approximate surface area is 127 Å². The predicted octanol–water partition coefficient (Wildman–Crippen LogP) is 0.496. The quantitative estimate of drug-likeness (QED) is 0.463. The molecule has 1 fully saturated rings. The lowest BCUT2D eigenvalue weighted by Gasteiger charge is -2.21. The number of carbonyl (C=O) groups is 3. The molecule has 2 heterocycles. The van der Waals surface area contributed by atoms with Crippen LogP contribution in [0.5, 0.6) is 0 Å². The van der Waals surface area contributed by atoms with Gasteiger partial charge in [0.1, 0.15) is 11.7 Å². The number of hydrogen-bond acceptors (Lipinski definition) is 6. The number of thioether (sulfide) groups is 1. The van der Waals surface area contributed by atoms with Crippen LogP contribution in [0.3, 0.4) is 0 Å². The molecule has 2 N–H and O–H groups in total. The van der Waals surface area contributed by atoms with Gasteiger partial charge in [-0.25, -0.2) is 9.97 Å². The second-order valence-electron chi connectivity index (χ2n) is 4.03. The normalized spacial score (nSPS) is 18.6. The molecule has 0 aromatic carbocycles. The zero-order valence-corrected chi connectivity index (χ0v) is 12.9. The van der Waals surface area contributed by atoms with Crippen LogP contribution in [0.4, 0.5) is 0 Å². The van der Waals surface area contributed by atoms with Crippen LogP contribution in [0.1, 0.15) is 23.3 Å². The van der Waals surface area contributed by atoms with Crippen molar-refractivity contribution in [3.05, 3.63) is 16.4 Å². The maximum absolute atomic E-state index is 12.1. The standard InChI is InChI=1S/C11H11BrN4O3S/c1-20-11-13-4-5(12)8(16-11)10(19)14-6-2-3-7(17)15-9(6)18/h4,6H,2-3H2,1H3,(H,14,19)(H,15,17,18). The molecule has 2 rings (SSSR count). The van der Waals surface area contributed by atoms with Crippen molar-refractivity contribution in [1.29, 1.82) is 0 Å². The van der Waals surface area contributed by atoms with E-state index in [4.69, 9.17) is 0 Å². The second kappa shape index (κ2) is 6.31. The molecule has 9 heteroatoms.